The van der Waals surface area contributed by atoms with E-state index in [1.165, 1.54) is 31.0 Å². The molecular formula is C21H24ClN3O3S. The second-order valence-electron chi connectivity index (χ2n) is 7.18. The van der Waals surface area contributed by atoms with Gasteiger partial charge < -0.3 is 14.3 Å². The predicted molar refractivity (Wildman–Crippen MR) is 114 cm³/mol. The van der Waals surface area contributed by atoms with Crippen LogP contribution in [0.4, 0.5) is 0 Å². The lowest BCUT2D eigenvalue weighted by Crippen LogP contribution is -2.21. The number of hydrogen-bond acceptors (Lipinski definition) is 6. The number of furan rings is 1. The van der Waals surface area contributed by atoms with Gasteiger partial charge in [0.05, 0.1) is 12.4 Å². The van der Waals surface area contributed by atoms with Crippen LogP contribution in [0.25, 0.3) is 11.6 Å². The first-order chi connectivity index (χ1) is 14.2. The summed E-state index contributed by atoms with van der Waals surface area (Å²) in [6, 6.07) is 11.2. The first kappa shape index (κ1) is 20.3. The van der Waals surface area contributed by atoms with Gasteiger partial charge in [-0.1, -0.05) is 42.6 Å². The predicted octanol–water partition coefficient (Wildman–Crippen LogP) is 5.23. The van der Waals surface area contributed by atoms with E-state index >= 15 is 0 Å². The first-order valence-electron chi connectivity index (χ1n) is 9.88. The maximum absolute atomic E-state index is 10.4. The average Bonchev–Trinajstić information content (AvgIpc) is 3.42. The lowest BCUT2D eigenvalue weighted by atomic mass is 9.95. The highest BCUT2D eigenvalue weighted by Gasteiger charge is 2.25. The van der Waals surface area contributed by atoms with Crippen LogP contribution in [0.2, 0.25) is 5.02 Å². The third-order valence-electron chi connectivity index (χ3n) is 5.01. The van der Waals surface area contributed by atoms with Gasteiger partial charge in [0.2, 0.25) is 5.82 Å². The third-order valence-corrected chi connectivity index (χ3v) is 6.35. The number of hydrogen-bond donors (Lipinski definition) is 1. The molecule has 1 fully saturated rings. The fraction of sp³-hybridized carbons (Fsp3) is 0.429. The molecule has 29 heavy (non-hydrogen) atoms. The Labute approximate surface area is 179 Å². The SMILES string of the molecule is OC(COc1ccc(Cl)cc1)CSc1nnc(-c2ccco2)n1C1CCCCC1. The summed E-state index contributed by atoms with van der Waals surface area (Å²) in [5.41, 5.74) is 0. The van der Waals surface area contributed by atoms with Crippen LogP contribution >= 0.6 is 23.4 Å². The smallest absolute Gasteiger partial charge is 0.200 e. The molecule has 0 bridgehead atoms. The highest BCUT2D eigenvalue weighted by molar-refractivity contribution is 7.99. The number of aromatic nitrogens is 3. The normalized spacial score (nSPS) is 16.1. The van der Waals surface area contributed by atoms with Crippen LogP contribution in [0.1, 0.15) is 38.1 Å². The second kappa shape index (κ2) is 9.69. The van der Waals surface area contributed by atoms with E-state index in [9.17, 15) is 5.11 Å². The summed E-state index contributed by atoms with van der Waals surface area (Å²) in [5.74, 6) is 2.64. The lowest BCUT2D eigenvalue weighted by Gasteiger charge is -2.25. The van der Waals surface area contributed by atoms with E-state index in [-0.39, 0.29) is 6.61 Å². The molecule has 154 valence electrons. The molecule has 1 atom stereocenters. The van der Waals surface area contributed by atoms with Crippen LogP contribution in [0, 0.1) is 0 Å². The highest BCUT2D eigenvalue weighted by Crippen LogP contribution is 2.35. The lowest BCUT2D eigenvalue weighted by molar-refractivity contribution is 0.126. The van der Waals surface area contributed by atoms with Gasteiger partial charge in [-0.25, -0.2) is 0 Å². The molecule has 0 spiro atoms. The maximum atomic E-state index is 10.4. The molecule has 0 radical (unpaired) electrons. The topological polar surface area (TPSA) is 73.3 Å². The molecule has 1 N–H and O–H groups in total. The number of nitrogens with zero attached hydrogens (tertiary/aromatic N) is 3. The molecule has 2 aromatic heterocycles. The number of aliphatic hydroxyl groups is 1. The zero-order valence-electron chi connectivity index (χ0n) is 16.0. The maximum Gasteiger partial charge on any atom is 0.200 e. The summed E-state index contributed by atoms with van der Waals surface area (Å²) in [4.78, 5) is 0. The van der Waals surface area contributed by atoms with Crippen LogP contribution in [0.15, 0.2) is 52.2 Å². The summed E-state index contributed by atoms with van der Waals surface area (Å²) >= 11 is 7.38. The number of rotatable bonds is 8. The van der Waals surface area contributed by atoms with Crippen molar-refractivity contribution in [1.82, 2.24) is 14.8 Å². The van der Waals surface area contributed by atoms with Crippen LogP contribution < -0.4 is 4.74 Å². The van der Waals surface area contributed by atoms with E-state index < -0.39 is 6.10 Å². The number of benzene rings is 1. The minimum absolute atomic E-state index is 0.206. The number of halogens is 1. The molecule has 1 saturated carbocycles. The van der Waals surface area contributed by atoms with Crippen molar-refractivity contribution in [3.63, 3.8) is 0 Å². The van der Waals surface area contributed by atoms with E-state index in [1.54, 1.807) is 30.5 Å². The Balaban J connectivity index is 1.41. The Morgan fingerprint density at radius 1 is 1.17 bits per heavy atom. The van der Waals surface area contributed by atoms with Gasteiger partial charge in [-0.15, -0.1) is 10.2 Å². The summed E-state index contributed by atoms with van der Waals surface area (Å²) in [5, 5.41) is 20.6. The minimum Gasteiger partial charge on any atom is -0.491 e. The molecule has 2 heterocycles. The standard InChI is InChI=1S/C21H24ClN3O3S/c22-15-8-10-18(11-9-15)28-13-17(26)14-29-21-24-23-20(19-7-4-12-27-19)25(21)16-5-2-1-3-6-16/h4,7-12,16-17,26H,1-3,5-6,13-14H2. The fourth-order valence-electron chi connectivity index (χ4n) is 3.56. The molecule has 8 heteroatoms. The van der Waals surface area contributed by atoms with Crippen molar-refractivity contribution in [1.29, 1.82) is 0 Å². The van der Waals surface area contributed by atoms with Crippen LogP contribution in [0.5, 0.6) is 5.75 Å². The van der Waals surface area contributed by atoms with Gasteiger partial charge >= 0.3 is 0 Å². The molecule has 1 aliphatic rings. The van der Waals surface area contributed by atoms with Crippen LogP contribution in [0.3, 0.4) is 0 Å². The van der Waals surface area contributed by atoms with Crippen LogP contribution in [-0.4, -0.2) is 38.3 Å². The molecule has 1 unspecified atom stereocenters. The number of thioether (sulfide) groups is 1. The van der Waals surface area contributed by atoms with Gasteiger partial charge in [-0.2, -0.15) is 0 Å². The monoisotopic (exact) mass is 433 g/mol. The molecule has 3 aromatic rings. The van der Waals surface area contributed by atoms with Crippen molar-refractivity contribution >= 4 is 23.4 Å². The van der Waals surface area contributed by atoms with E-state index in [4.69, 9.17) is 20.8 Å². The van der Waals surface area contributed by atoms with Gasteiger partial charge in [0.25, 0.3) is 0 Å². The Bertz CT molecular complexity index is 893. The van der Waals surface area contributed by atoms with Crippen LogP contribution in [-0.2, 0) is 0 Å². The molecule has 1 aromatic carbocycles. The molecular weight excluding hydrogens is 410 g/mol. The molecule has 4 rings (SSSR count). The minimum atomic E-state index is -0.626. The zero-order valence-corrected chi connectivity index (χ0v) is 17.6. The van der Waals surface area contributed by atoms with E-state index in [0.717, 1.165) is 29.6 Å². The summed E-state index contributed by atoms with van der Waals surface area (Å²) < 4.78 is 13.4. The number of aliphatic hydroxyl groups excluding tert-OH is 1. The van der Waals surface area contributed by atoms with Gasteiger partial charge in [0.15, 0.2) is 10.9 Å². The van der Waals surface area contributed by atoms with Crippen molar-refractivity contribution < 1.29 is 14.3 Å². The summed E-state index contributed by atoms with van der Waals surface area (Å²) in [6.45, 7) is 0.206. The molecule has 6 nitrogen and oxygen atoms in total. The van der Waals surface area contributed by atoms with Gasteiger partial charge in [-0.05, 0) is 49.2 Å². The Kier molecular flexibility index (Phi) is 6.79. The quantitative estimate of drug-likeness (QED) is 0.490. The van der Waals surface area contributed by atoms with Crippen molar-refractivity contribution in [2.75, 3.05) is 12.4 Å². The first-order valence-corrected chi connectivity index (χ1v) is 11.2. The molecule has 0 amide bonds. The average molecular weight is 434 g/mol. The Morgan fingerprint density at radius 2 is 1.97 bits per heavy atom. The zero-order chi connectivity index (χ0) is 20.1. The molecule has 0 aliphatic heterocycles. The largest absolute Gasteiger partial charge is 0.491 e. The highest BCUT2D eigenvalue weighted by atomic mass is 35.5. The van der Waals surface area contributed by atoms with Crippen molar-refractivity contribution in [2.24, 2.45) is 0 Å². The Morgan fingerprint density at radius 3 is 2.69 bits per heavy atom. The van der Waals surface area contributed by atoms with Gasteiger partial charge in [0, 0.05) is 16.8 Å². The Hall–Kier alpha value is -1.96. The van der Waals surface area contributed by atoms with Crippen molar-refractivity contribution in [3.8, 4) is 17.3 Å². The van der Waals surface area contributed by atoms with E-state index in [2.05, 4.69) is 14.8 Å². The van der Waals surface area contributed by atoms with Crippen molar-refractivity contribution in [3.05, 3.63) is 47.7 Å². The molecule has 0 saturated heterocycles. The van der Waals surface area contributed by atoms with Gasteiger partial charge in [-0.3, -0.25) is 4.57 Å². The van der Waals surface area contributed by atoms with E-state index in [0.29, 0.717) is 22.6 Å². The fourth-order valence-corrected chi connectivity index (χ4v) is 4.60. The molecule has 1 aliphatic carbocycles. The third kappa shape index (κ3) is 5.15. The van der Waals surface area contributed by atoms with E-state index in [1.807, 2.05) is 12.1 Å². The second-order valence-corrected chi connectivity index (χ2v) is 8.60. The van der Waals surface area contributed by atoms with Gasteiger partial charge in [0.1, 0.15) is 12.4 Å². The summed E-state index contributed by atoms with van der Waals surface area (Å²) in [7, 11) is 0. The summed E-state index contributed by atoms with van der Waals surface area (Å²) in [6.07, 6.45) is 6.95. The van der Waals surface area contributed by atoms with Crippen molar-refractivity contribution in [2.45, 2.75) is 49.4 Å². The number of ether oxygens (including phenoxy) is 1.